The number of nitrogens with one attached hydrogen (secondary N) is 1. The molecule has 0 aliphatic carbocycles. The van der Waals surface area contributed by atoms with Crippen LogP contribution in [0, 0.1) is 10.1 Å². The Morgan fingerprint density at radius 2 is 1.88 bits per heavy atom. The maximum atomic E-state index is 13.1. The molecule has 0 spiro atoms. The van der Waals surface area contributed by atoms with Crippen molar-refractivity contribution in [2.24, 2.45) is 0 Å². The van der Waals surface area contributed by atoms with Gasteiger partial charge in [-0.05, 0) is 19.9 Å². The minimum atomic E-state index is -4.87. The molecule has 0 bridgehead atoms. The number of halogens is 3. The quantitative estimate of drug-likeness (QED) is 0.424. The van der Waals surface area contributed by atoms with Crippen LogP contribution in [-0.2, 0) is 15.7 Å². The lowest BCUT2D eigenvalue weighted by atomic mass is 10.1. The number of carbonyl (C=O) groups is 1. The van der Waals surface area contributed by atoms with Crippen molar-refractivity contribution in [3.8, 4) is 0 Å². The van der Waals surface area contributed by atoms with E-state index in [1.54, 1.807) is 13.8 Å². The SMILES string of the molecule is CCOC(CN(C)C(=O)Nc1ccc([N+](=O)[O-])cc1C(F)(F)F)OCC. The highest BCUT2D eigenvalue weighted by atomic mass is 19.4. The summed E-state index contributed by atoms with van der Waals surface area (Å²) in [5, 5.41) is 12.8. The Kier molecular flexibility index (Phi) is 7.77. The summed E-state index contributed by atoms with van der Waals surface area (Å²) < 4.78 is 49.9. The molecule has 0 unspecified atom stereocenters. The number of ether oxygens (including phenoxy) is 2. The summed E-state index contributed by atoms with van der Waals surface area (Å²) in [5.74, 6) is 0. The van der Waals surface area contributed by atoms with Gasteiger partial charge >= 0.3 is 12.2 Å². The van der Waals surface area contributed by atoms with Crippen LogP contribution in [0.4, 0.5) is 29.3 Å². The van der Waals surface area contributed by atoms with E-state index in [-0.39, 0.29) is 6.54 Å². The molecule has 0 radical (unpaired) electrons. The van der Waals surface area contributed by atoms with E-state index in [1.807, 2.05) is 0 Å². The van der Waals surface area contributed by atoms with Crippen LogP contribution in [0.2, 0.25) is 0 Å². The van der Waals surface area contributed by atoms with Gasteiger partial charge in [0.05, 0.1) is 22.7 Å². The van der Waals surface area contributed by atoms with Crippen molar-refractivity contribution in [1.82, 2.24) is 4.90 Å². The molecule has 0 aliphatic rings. The van der Waals surface area contributed by atoms with Crippen LogP contribution in [0.5, 0.6) is 0 Å². The van der Waals surface area contributed by atoms with Gasteiger partial charge in [0.2, 0.25) is 0 Å². The monoisotopic (exact) mass is 379 g/mol. The zero-order chi connectivity index (χ0) is 19.9. The van der Waals surface area contributed by atoms with Gasteiger partial charge in [0.1, 0.15) is 0 Å². The van der Waals surface area contributed by atoms with Crippen molar-refractivity contribution in [1.29, 1.82) is 0 Å². The number of anilines is 1. The van der Waals surface area contributed by atoms with Crippen molar-refractivity contribution in [3.63, 3.8) is 0 Å². The minimum absolute atomic E-state index is 0.0121. The van der Waals surface area contributed by atoms with E-state index < -0.39 is 40.4 Å². The number of likely N-dealkylation sites (N-methyl/N-ethyl adjacent to an activating group) is 1. The first-order valence-corrected chi connectivity index (χ1v) is 7.71. The highest BCUT2D eigenvalue weighted by Gasteiger charge is 2.36. The molecule has 0 aliphatic heterocycles. The number of urea groups is 1. The molecule has 8 nitrogen and oxygen atoms in total. The number of nitro benzene ring substituents is 1. The molecule has 11 heteroatoms. The van der Waals surface area contributed by atoms with Crippen LogP contribution in [0.1, 0.15) is 19.4 Å². The van der Waals surface area contributed by atoms with E-state index >= 15 is 0 Å². The first kappa shape index (κ1) is 21.6. The highest BCUT2D eigenvalue weighted by Crippen LogP contribution is 2.37. The van der Waals surface area contributed by atoms with Crippen LogP contribution in [-0.4, -0.2) is 49.0 Å². The van der Waals surface area contributed by atoms with E-state index in [9.17, 15) is 28.1 Å². The Balaban J connectivity index is 2.96. The third-order valence-corrected chi connectivity index (χ3v) is 3.24. The van der Waals surface area contributed by atoms with E-state index in [4.69, 9.17) is 9.47 Å². The summed E-state index contributed by atoms with van der Waals surface area (Å²) in [7, 11) is 1.36. The van der Waals surface area contributed by atoms with Gasteiger partial charge in [-0.25, -0.2) is 4.79 Å². The van der Waals surface area contributed by atoms with Crippen LogP contribution in [0.3, 0.4) is 0 Å². The molecule has 0 heterocycles. The number of hydrogen-bond donors (Lipinski definition) is 1. The van der Waals surface area contributed by atoms with E-state index in [1.165, 1.54) is 7.05 Å². The maximum Gasteiger partial charge on any atom is 0.418 e. The Hall–Kier alpha value is -2.40. The first-order valence-electron chi connectivity index (χ1n) is 7.71. The number of benzene rings is 1. The van der Waals surface area contributed by atoms with Crippen molar-refractivity contribution < 1.29 is 32.4 Å². The van der Waals surface area contributed by atoms with Crippen molar-refractivity contribution in [3.05, 3.63) is 33.9 Å². The Morgan fingerprint density at radius 3 is 2.35 bits per heavy atom. The molecule has 0 saturated heterocycles. The molecule has 1 N–H and O–H groups in total. The average molecular weight is 379 g/mol. The molecule has 0 saturated carbocycles. The third kappa shape index (κ3) is 6.15. The summed E-state index contributed by atoms with van der Waals surface area (Å²) in [4.78, 5) is 23.0. The molecule has 0 atom stereocenters. The lowest BCUT2D eigenvalue weighted by Crippen LogP contribution is -2.39. The summed E-state index contributed by atoms with van der Waals surface area (Å²) in [6, 6.07) is 1.26. The predicted octanol–water partition coefficient (Wildman–Crippen LogP) is 3.48. The zero-order valence-corrected chi connectivity index (χ0v) is 14.5. The number of hydrogen-bond acceptors (Lipinski definition) is 5. The summed E-state index contributed by atoms with van der Waals surface area (Å²) in [6.07, 6.45) is -5.59. The maximum absolute atomic E-state index is 13.1. The van der Waals surface area contributed by atoms with Gasteiger partial charge in [0, 0.05) is 32.4 Å². The fraction of sp³-hybridized carbons (Fsp3) is 0.533. The molecule has 1 aromatic rings. The van der Waals surface area contributed by atoms with Crippen LogP contribution in [0.15, 0.2) is 18.2 Å². The molecule has 0 fully saturated rings. The van der Waals surface area contributed by atoms with Gasteiger partial charge in [0.25, 0.3) is 5.69 Å². The first-order chi connectivity index (χ1) is 12.1. The molecule has 26 heavy (non-hydrogen) atoms. The predicted molar refractivity (Wildman–Crippen MR) is 86.8 cm³/mol. The van der Waals surface area contributed by atoms with Crippen molar-refractivity contribution in [2.75, 3.05) is 32.1 Å². The number of carbonyl (C=O) groups excluding carboxylic acids is 1. The van der Waals surface area contributed by atoms with E-state index in [2.05, 4.69) is 5.32 Å². The molecule has 146 valence electrons. The average Bonchev–Trinajstić information content (AvgIpc) is 2.54. The van der Waals surface area contributed by atoms with Crippen LogP contribution >= 0.6 is 0 Å². The lowest BCUT2D eigenvalue weighted by molar-refractivity contribution is -0.385. The molecule has 2 amide bonds. The number of alkyl halides is 3. The van der Waals surface area contributed by atoms with Gasteiger partial charge in [0.15, 0.2) is 6.29 Å². The Bertz CT molecular complexity index is 633. The van der Waals surface area contributed by atoms with Crippen LogP contribution < -0.4 is 5.32 Å². The van der Waals surface area contributed by atoms with Gasteiger partial charge in [-0.3, -0.25) is 10.1 Å². The topological polar surface area (TPSA) is 93.9 Å². The second-order valence-electron chi connectivity index (χ2n) is 5.14. The van der Waals surface area contributed by atoms with Crippen molar-refractivity contribution in [2.45, 2.75) is 26.3 Å². The zero-order valence-electron chi connectivity index (χ0n) is 14.5. The van der Waals surface area contributed by atoms with Gasteiger partial charge in [-0.1, -0.05) is 0 Å². The Labute approximate surface area is 148 Å². The van der Waals surface area contributed by atoms with Gasteiger partial charge in [-0.2, -0.15) is 13.2 Å². The number of nitrogens with zero attached hydrogens (tertiary/aromatic N) is 2. The fourth-order valence-electron chi connectivity index (χ4n) is 2.03. The molecular weight excluding hydrogens is 359 g/mol. The number of non-ortho nitro benzene ring substituents is 1. The second kappa shape index (κ2) is 9.34. The minimum Gasteiger partial charge on any atom is -0.351 e. The van der Waals surface area contributed by atoms with E-state index in [0.717, 1.165) is 17.0 Å². The van der Waals surface area contributed by atoms with Gasteiger partial charge in [-0.15, -0.1) is 0 Å². The highest BCUT2D eigenvalue weighted by molar-refractivity contribution is 5.90. The largest absolute Gasteiger partial charge is 0.418 e. The second-order valence-corrected chi connectivity index (χ2v) is 5.14. The summed E-state index contributed by atoms with van der Waals surface area (Å²) in [6.45, 7) is 4.13. The normalized spacial score (nSPS) is 11.5. The van der Waals surface area contributed by atoms with E-state index in [0.29, 0.717) is 19.3 Å². The third-order valence-electron chi connectivity index (χ3n) is 3.24. The van der Waals surface area contributed by atoms with Gasteiger partial charge < -0.3 is 19.7 Å². The number of amides is 2. The number of nitro groups is 1. The molecule has 1 rings (SSSR count). The van der Waals surface area contributed by atoms with Crippen molar-refractivity contribution >= 4 is 17.4 Å². The summed E-state index contributed by atoms with van der Waals surface area (Å²) >= 11 is 0. The number of rotatable bonds is 8. The lowest BCUT2D eigenvalue weighted by Gasteiger charge is -2.24. The smallest absolute Gasteiger partial charge is 0.351 e. The Morgan fingerprint density at radius 1 is 1.31 bits per heavy atom. The standard InChI is InChI=1S/C15H20F3N3O5/c1-4-25-13(26-5-2)9-20(3)14(22)19-12-7-6-10(21(23)24)8-11(12)15(16,17)18/h6-8,13H,4-5,9H2,1-3H3,(H,19,22). The fourth-order valence-corrected chi connectivity index (χ4v) is 2.03. The van der Waals surface area contributed by atoms with Crippen LogP contribution in [0.25, 0.3) is 0 Å². The summed E-state index contributed by atoms with van der Waals surface area (Å²) in [5.41, 5.74) is -2.61. The molecule has 1 aromatic carbocycles. The molecule has 0 aromatic heterocycles. The molecular formula is C15H20F3N3O5.